The van der Waals surface area contributed by atoms with Gasteiger partial charge in [-0.15, -0.1) is 0 Å². The average molecular weight is 525 g/mol. The van der Waals surface area contributed by atoms with Crippen molar-refractivity contribution >= 4 is 46.3 Å². The molecule has 0 saturated heterocycles. The van der Waals surface area contributed by atoms with E-state index in [0.717, 1.165) is 22.4 Å². The van der Waals surface area contributed by atoms with Crippen molar-refractivity contribution in [3.8, 4) is 0 Å². The summed E-state index contributed by atoms with van der Waals surface area (Å²) in [4.78, 5) is 40.2. The first-order chi connectivity index (χ1) is 17.1. The predicted octanol–water partition coefficient (Wildman–Crippen LogP) is 5.05. The van der Waals surface area contributed by atoms with E-state index >= 15 is 0 Å². The van der Waals surface area contributed by atoms with Gasteiger partial charge < -0.3 is 15.3 Å². The average Bonchev–Trinajstić information content (AvgIpc) is 3.15. The summed E-state index contributed by atoms with van der Waals surface area (Å²) in [6, 6.07) is 7.92. The monoisotopic (exact) mass is 524 g/mol. The van der Waals surface area contributed by atoms with Gasteiger partial charge in [0.2, 0.25) is 0 Å². The maximum Gasteiger partial charge on any atom is 0.356 e. The Balaban J connectivity index is 1.58. The number of nitrogens with one attached hydrogen (secondary N) is 1. The number of hydrogen-bond donors (Lipinski definition) is 2. The third-order valence-electron chi connectivity index (χ3n) is 6.28. The van der Waals surface area contributed by atoms with E-state index in [0.29, 0.717) is 28.7 Å². The fourth-order valence-corrected chi connectivity index (χ4v) is 4.92. The summed E-state index contributed by atoms with van der Waals surface area (Å²) < 4.78 is 1.51. The van der Waals surface area contributed by atoms with Crippen molar-refractivity contribution in [2.24, 2.45) is 0 Å². The molecule has 2 N–H and O–H groups in total. The number of anilines is 2. The fraction of sp³-hybridized carbons (Fsp3) is 0.240. The Labute approximate surface area is 216 Å². The van der Waals surface area contributed by atoms with Crippen LogP contribution in [0.4, 0.5) is 11.5 Å². The third-order valence-corrected chi connectivity index (χ3v) is 6.70. The lowest BCUT2D eigenvalue weighted by molar-refractivity contribution is 0.0691. The van der Waals surface area contributed by atoms with E-state index in [1.807, 2.05) is 37.8 Å². The highest BCUT2D eigenvalue weighted by molar-refractivity contribution is 6.30. The molecule has 184 valence electrons. The molecule has 9 nitrogen and oxygen atoms in total. The minimum atomic E-state index is -1.20. The summed E-state index contributed by atoms with van der Waals surface area (Å²) in [5.41, 5.74) is 3.85. The second-order valence-electron chi connectivity index (χ2n) is 8.82. The highest BCUT2D eigenvalue weighted by Crippen LogP contribution is 2.36. The van der Waals surface area contributed by atoms with Gasteiger partial charge in [0.1, 0.15) is 16.6 Å². The third kappa shape index (κ3) is 4.25. The Kier molecular flexibility index (Phi) is 6.05. The molecule has 0 saturated carbocycles. The maximum atomic E-state index is 13.2. The molecular formula is C25H22Cl2N6O3. The molecule has 0 aromatic carbocycles. The van der Waals surface area contributed by atoms with Gasteiger partial charge >= 0.3 is 5.97 Å². The number of aromatic carboxylic acids is 1. The van der Waals surface area contributed by atoms with Crippen molar-refractivity contribution in [2.75, 3.05) is 10.2 Å². The zero-order valence-electron chi connectivity index (χ0n) is 19.7. The molecular weight excluding hydrogens is 503 g/mol. The zero-order chi connectivity index (χ0) is 25.7. The van der Waals surface area contributed by atoms with Crippen molar-refractivity contribution in [3.63, 3.8) is 0 Å². The summed E-state index contributed by atoms with van der Waals surface area (Å²) in [6.07, 6.45) is 3.36. The number of fused-ring (bicyclic) bond motifs is 2. The van der Waals surface area contributed by atoms with Crippen molar-refractivity contribution in [1.29, 1.82) is 0 Å². The summed E-state index contributed by atoms with van der Waals surface area (Å²) in [6.45, 7) is 6.29. The molecule has 0 fully saturated rings. The van der Waals surface area contributed by atoms with Crippen LogP contribution in [0.15, 0.2) is 47.5 Å². The molecule has 1 aliphatic rings. The Morgan fingerprint density at radius 1 is 1.22 bits per heavy atom. The molecule has 36 heavy (non-hydrogen) atoms. The smallest absolute Gasteiger partial charge is 0.356 e. The Bertz CT molecular complexity index is 1590. The number of nitrogens with zero attached hydrogens (tertiary/aromatic N) is 5. The van der Waals surface area contributed by atoms with Crippen molar-refractivity contribution in [2.45, 2.75) is 39.4 Å². The highest BCUT2D eigenvalue weighted by Gasteiger charge is 2.30. The van der Waals surface area contributed by atoms with Crippen molar-refractivity contribution in [1.82, 2.24) is 19.4 Å². The highest BCUT2D eigenvalue weighted by atomic mass is 35.5. The first-order valence-electron chi connectivity index (χ1n) is 11.2. The van der Waals surface area contributed by atoms with Crippen LogP contribution in [0, 0.1) is 6.92 Å². The van der Waals surface area contributed by atoms with Crippen LogP contribution in [0.5, 0.6) is 0 Å². The number of pyridine rings is 3. The number of rotatable bonds is 5. The molecule has 0 aliphatic carbocycles. The lowest BCUT2D eigenvalue weighted by Gasteiger charge is -2.24. The number of hydrogen-bond acceptors (Lipinski definition) is 7. The standard InChI is InChI=1S/C25H22Cl2N6O3/c1-12-6-17(13(2)29-18-4-5-19(27)30-23(18)25(35)36)24-31-20(8-21(34)33(24)10-12)32-11-15-7-16(26)9-28-22(15)14(32)3/h4-10,13-14,29H,11H2,1-3H3,(H,35,36)/t13-,14?/m1/s1. The van der Waals surface area contributed by atoms with Gasteiger partial charge in [0, 0.05) is 30.6 Å². The zero-order valence-corrected chi connectivity index (χ0v) is 21.2. The first-order valence-corrected chi connectivity index (χ1v) is 12.0. The van der Waals surface area contributed by atoms with Gasteiger partial charge in [-0.05, 0) is 56.2 Å². The molecule has 1 aliphatic heterocycles. The van der Waals surface area contributed by atoms with Crippen LogP contribution in [0.3, 0.4) is 0 Å². The molecule has 5 rings (SSSR count). The van der Waals surface area contributed by atoms with Crippen LogP contribution in [0.2, 0.25) is 10.2 Å². The molecule has 0 radical (unpaired) electrons. The number of carboxylic acids is 1. The van der Waals surface area contributed by atoms with Gasteiger partial charge in [0.05, 0.1) is 28.5 Å². The Morgan fingerprint density at radius 3 is 2.75 bits per heavy atom. The molecule has 1 unspecified atom stereocenters. The van der Waals surface area contributed by atoms with Gasteiger partial charge in [-0.3, -0.25) is 14.2 Å². The first kappa shape index (κ1) is 24.0. The van der Waals surface area contributed by atoms with Crippen LogP contribution in [0.1, 0.15) is 58.8 Å². The van der Waals surface area contributed by atoms with Gasteiger partial charge in [0.15, 0.2) is 5.69 Å². The topological polar surface area (TPSA) is 113 Å². The summed E-state index contributed by atoms with van der Waals surface area (Å²) in [7, 11) is 0. The number of aromatic nitrogens is 4. The molecule has 11 heteroatoms. The van der Waals surface area contributed by atoms with E-state index in [1.54, 1.807) is 18.5 Å². The van der Waals surface area contributed by atoms with E-state index in [4.69, 9.17) is 28.2 Å². The van der Waals surface area contributed by atoms with E-state index in [2.05, 4.69) is 15.3 Å². The maximum absolute atomic E-state index is 13.2. The quantitative estimate of drug-likeness (QED) is 0.348. The minimum absolute atomic E-state index is 0.0842. The second-order valence-corrected chi connectivity index (χ2v) is 9.65. The van der Waals surface area contributed by atoms with Gasteiger partial charge in [0.25, 0.3) is 5.56 Å². The molecule has 0 bridgehead atoms. The molecule has 4 aromatic rings. The second kappa shape index (κ2) is 9.07. The SMILES string of the molecule is Cc1cc([C@@H](C)Nc2ccc(Cl)nc2C(=O)O)c2nc(N3Cc4cc(Cl)cnc4C3C)cc(=O)n2c1. The van der Waals surface area contributed by atoms with Crippen LogP contribution in [-0.4, -0.2) is 30.4 Å². The predicted molar refractivity (Wildman–Crippen MR) is 138 cm³/mol. The van der Waals surface area contributed by atoms with E-state index in [1.165, 1.54) is 16.5 Å². The largest absolute Gasteiger partial charge is 0.476 e. The minimum Gasteiger partial charge on any atom is -0.476 e. The number of halogens is 2. The molecule has 5 heterocycles. The lowest BCUT2D eigenvalue weighted by atomic mass is 10.1. The normalized spacial score (nSPS) is 15.7. The van der Waals surface area contributed by atoms with Crippen LogP contribution >= 0.6 is 23.2 Å². The molecule has 4 aromatic heterocycles. The number of aryl methyl sites for hydroxylation is 1. The summed E-state index contributed by atoms with van der Waals surface area (Å²) >= 11 is 12.0. The lowest BCUT2D eigenvalue weighted by Crippen LogP contribution is -2.25. The van der Waals surface area contributed by atoms with Crippen molar-refractivity contribution in [3.05, 3.63) is 91.3 Å². The van der Waals surface area contributed by atoms with Crippen LogP contribution < -0.4 is 15.8 Å². The Hall–Kier alpha value is -3.69. The van der Waals surface area contributed by atoms with E-state index < -0.39 is 12.0 Å². The fourth-order valence-electron chi connectivity index (χ4n) is 4.59. The molecule has 2 atom stereocenters. The van der Waals surface area contributed by atoms with E-state index in [-0.39, 0.29) is 22.4 Å². The van der Waals surface area contributed by atoms with Gasteiger partial charge in [-0.2, -0.15) is 0 Å². The van der Waals surface area contributed by atoms with Gasteiger partial charge in [-0.1, -0.05) is 23.2 Å². The summed E-state index contributed by atoms with van der Waals surface area (Å²) in [5, 5.41) is 13.4. The van der Waals surface area contributed by atoms with Gasteiger partial charge in [-0.25, -0.2) is 14.8 Å². The van der Waals surface area contributed by atoms with Crippen LogP contribution in [-0.2, 0) is 6.54 Å². The molecule has 0 amide bonds. The molecule has 0 spiro atoms. The number of carbonyl (C=O) groups is 1. The van der Waals surface area contributed by atoms with Crippen LogP contribution in [0.25, 0.3) is 5.65 Å². The Morgan fingerprint density at radius 2 is 2.00 bits per heavy atom. The van der Waals surface area contributed by atoms with E-state index in [9.17, 15) is 14.7 Å². The number of carboxylic acid groups (broad SMARTS) is 1. The summed E-state index contributed by atoms with van der Waals surface area (Å²) in [5.74, 6) is -0.674. The van der Waals surface area contributed by atoms with Crippen molar-refractivity contribution < 1.29 is 9.90 Å².